The summed E-state index contributed by atoms with van der Waals surface area (Å²) in [5.41, 5.74) is 0. The number of benzene rings is 1. The van der Waals surface area contributed by atoms with E-state index in [0.717, 1.165) is 0 Å². The van der Waals surface area contributed by atoms with Crippen molar-refractivity contribution in [2.45, 2.75) is 4.84 Å². The summed E-state index contributed by atoms with van der Waals surface area (Å²) in [5.74, 6) is 0.309. The minimum Gasteiger partial charge on any atom is -0.124 e. The molecule has 1 aromatic rings. The van der Waals surface area contributed by atoms with Gasteiger partial charge >= 0.3 is 0 Å². The SMILES string of the molecule is ClCC(Cl)Cl.Clc1ccc(Cl)c(Cl)c1. The van der Waals surface area contributed by atoms with Crippen LogP contribution in [0.2, 0.25) is 15.1 Å². The first-order valence-corrected chi connectivity index (χ1v) is 5.96. The molecule has 0 radical (unpaired) electrons. The van der Waals surface area contributed by atoms with Gasteiger partial charge in [-0.15, -0.1) is 34.8 Å². The second-order valence-corrected chi connectivity index (χ2v) is 4.94. The summed E-state index contributed by atoms with van der Waals surface area (Å²) in [6.45, 7) is 0. The van der Waals surface area contributed by atoms with Gasteiger partial charge in [0, 0.05) is 5.02 Å². The zero-order chi connectivity index (χ0) is 11.1. The van der Waals surface area contributed by atoms with Crippen molar-refractivity contribution in [1.82, 2.24) is 0 Å². The highest BCUT2D eigenvalue weighted by molar-refractivity contribution is 6.47. The fourth-order valence-electron chi connectivity index (χ4n) is 0.470. The second-order valence-electron chi connectivity index (χ2n) is 2.10. The van der Waals surface area contributed by atoms with E-state index in [1.54, 1.807) is 18.2 Å². The van der Waals surface area contributed by atoms with E-state index in [0.29, 0.717) is 20.9 Å². The van der Waals surface area contributed by atoms with Crippen molar-refractivity contribution in [2.24, 2.45) is 0 Å². The molecule has 0 heterocycles. The van der Waals surface area contributed by atoms with E-state index in [-0.39, 0.29) is 0 Å². The highest BCUT2D eigenvalue weighted by Crippen LogP contribution is 2.24. The van der Waals surface area contributed by atoms with Crippen LogP contribution in [-0.2, 0) is 0 Å². The molecule has 0 saturated carbocycles. The lowest BCUT2D eigenvalue weighted by Crippen LogP contribution is -1.82. The first-order valence-electron chi connectivity index (χ1n) is 3.42. The molecular formula is C8H6Cl6. The van der Waals surface area contributed by atoms with Crippen molar-refractivity contribution in [1.29, 1.82) is 0 Å². The molecule has 0 fully saturated rings. The molecule has 80 valence electrons. The predicted octanol–water partition coefficient (Wildman–Crippen LogP) is 5.68. The molecule has 0 amide bonds. The van der Waals surface area contributed by atoms with Gasteiger partial charge in [-0.3, -0.25) is 0 Å². The van der Waals surface area contributed by atoms with Gasteiger partial charge in [0.2, 0.25) is 0 Å². The molecular weight excluding hydrogens is 309 g/mol. The van der Waals surface area contributed by atoms with E-state index in [9.17, 15) is 0 Å². The minimum absolute atomic E-state index is 0.309. The number of hydrogen-bond acceptors (Lipinski definition) is 0. The molecule has 0 aliphatic carbocycles. The van der Waals surface area contributed by atoms with Crippen molar-refractivity contribution in [2.75, 3.05) is 5.88 Å². The molecule has 0 aromatic heterocycles. The van der Waals surface area contributed by atoms with Gasteiger partial charge in [-0.05, 0) is 18.2 Å². The number of alkyl halides is 3. The van der Waals surface area contributed by atoms with E-state index >= 15 is 0 Å². The Morgan fingerprint density at radius 2 is 1.50 bits per heavy atom. The number of hydrogen-bond donors (Lipinski definition) is 0. The molecule has 0 bridgehead atoms. The van der Waals surface area contributed by atoms with Crippen LogP contribution in [0, 0.1) is 0 Å². The Hall–Kier alpha value is 0.960. The summed E-state index contributed by atoms with van der Waals surface area (Å²) in [7, 11) is 0. The zero-order valence-electron chi connectivity index (χ0n) is 6.78. The maximum Gasteiger partial charge on any atom is 0.121 e. The third-order valence-electron chi connectivity index (χ3n) is 0.998. The first kappa shape index (κ1) is 15.0. The van der Waals surface area contributed by atoms with Crippen molar-refractivity contribution >= 4 is 69.6 Å². The monoisotopic (exact) mass is 312 g/mol. The van der Waals surface area contributed by atoms with Gasteiger partial charge in [0.05, 0.1) is 15.9 Å². The Balaban J connectivity index is 0.000000292. The minimum atomic E-state index is -0.406. The Kier molecular flexibility index (Phi) is 8.71. The largest absolute Gasteiger partial charge is 0.124 e. The summed E-state index contributed by atoms with van der Waals surface area (Å²) < 4.78 is 0. The summed E-state index contributed by atoms with van der Waals surface area (Å²) in [4.78, 5) is -0.406. The van der Waals surface area contributed by atoms with Crippen molar-refractivity contribution in [3.8, 4) is 0 Å². The van der Waals surface area contributed by atoms with Gasteiger partial charge in [-0.25, -0.2) is 0 Å². The molecule has 0 aliphatic heterocycles. The molecule has 0 nitrogen and oxygen atoms in total. The van der Waals surface area contributed by atoms with Crippen LogP contribution in [0.25, 0.3) is 0 Å². The molecule has 6 heteroatoms. The van der Waals surface area contributed by atoms with Gasteiger partial charge in [-0.1, -0.05) is 34.8 Å². The second kappa shape index (κ2) is 8.15. The lowest BCUT2D eigenvalue weighted by Gasteiger charge is -1.92. The van der Waals surface area contributed by atoms with Crippen LogP contribution in [0.15, 0.2) is 18.2 Å². The van der Waals surface area contributed by atoms with Gasteiger partial charge in [0.15, 0.2) is 0 Å². The highest BCUT2D eigenvalue weighted by Gasteiger charge is 1.95. The summed E-state index contributed by atoms with van der Waals surface area (Å²) >= 11 is 32.0. The molecule has 0 saturated heterocycles. The Morgan fingerprint density at radius 1 is 1.00 bits per heavy atom. The van der Waals surface area contributed by atoms with Crippen LogP contribution >= 0.6 is 69.6 Å². The molecule has 14 heavy (non-hydrogen) atoms. The lowest BCUT2D eigenvalue weighted by atomic mass is 10.4. The highest BCUT2D eigenvalue weighted by atomic mass is 35.5. The van der Waals surface area contributed by atoms with Crippen molar-refractivity contribution < 1.29 is 0 Å². The van der Waals surface area contributed by atoms with E-state index < -0.39 is 4.84 Å². The van der Waals surface area contributed by atoms with Gasteiger partial charge in [-0.2, -0.15) is 0 Å². The van der Waals surface area contributed by atoms with Crippen LogP contribution in [0.5, 0.6) is 0 Å². The van der Waals surface area contributed by atoms with Gasteiger partial charge in [0.25, 0.3) is 0 Å². The average Bonchev–Trinajstić information content (AvgIpc) is 2.13. The van der Waals surface area contributed by atoms with Crippen LogP contribution in [0.4, 0.5) is 0 Å². The Bertz CT molecular complexity index is 273. The summed E-state index contributed by atoms with van der Waals surface area (Å²) in [6.07, 6.45) is 0. The van der Waals surface area contributed by atoms with E-state index in [1.807, 2.05) is 0 Å². The van der Waals surface area contributed by atoms with Crippen LogP contribution in [0.1, 0.15) is 0 Å². The van der Waals surface area contributed by atoms with E-state index in [4.69, 9.17) is 69.6 Å². The smallest absolute Gasteiger partial charge is 0.121 e. The summed E-state index contributed by atoms with van der Waals surface area (Å²) in [5, 5.41) is 1.62. The van der Waals surface area contributed by atoms with E-state index in [2.05, 4.69) is 0 Å². The van der Waals surface area contributed by atoms with Gasteiger partial charge in [0.1, 0.15) is 4.84 Å². The normalized spacial score (nSPS) is 9.64. The van der Waals surface area contributed by atoms with Crippen molar-refractivity contribution in [3.63, 3.8) is 0 Å². The topological polar surface area (TPSA) is 0 Å². The van der Waals surface area contributed by atoms with Crippen molar-refractivity contribution in [3.05, 3.63) is 33.3 Å². The quantitative estimate of drug-likeness (QED) is 0.462. The standard InChI is InChI=1S/C6H3Cl3.C2H3Cl3/c7-4-1-2-5(8)6(9)3-4;3-1-2(4)5/h1-3H;2H,1H2. The first-order chi connectivity index (χ1) is 6.47. The maximum atomic E-state index is 5.60. The molecule has 0 unspecified atom stereocenters. The third kappa shape index (κ3) is 7.28. The van der Waals surface area contributed by atoms with Crippen LogP contribution < -0.4 is 0 Å². The predicted molar refractivity (Wildman–Crippen MR) is 67.7 cm³/mol. The van der Waals surface area contributed by atoms with Crippen LogP contribution in [0.3, 0.4) is 0 Å². The van der Waals surface area contributed by atoms with E-state index in [1.165, 1.54) is 0 Å². The molecule has 1 rings (SSSR count). The Morgan fingerprint density at radius 3 is 1.79 bits per heavy atom. The number of halogens is 6. The summed E-state index contributed by atoms with van der Waals surface area (Å²) in [6, 6.07) is 4.95. The lowest BCUT2D eigenvalue weighted by molar-refractivity contribution is 1.40. The molecule has 1 aromatic carbocycles. The van der Waals surface area contributed by atoms with Crippen LogP contribution in [-0.4, -0.2) is 10.7 Å². The molecule has 0 atom stereocenters. The zero-order valence-corrected chi connectivity index (χ0v) is 11.3. The molecule has 0 spiro atoms. The fourth-order valence-corrected chi connectivity index (χ4v) is 0.997. The maximum absolute atomic E-state index is 5.60. The molecule has 0 N–H and O–H groups in total. The molecule has 0 aliphatic rings. The third-order valence-corrected chi connectivity index (χ3v) is 2.91. The number of rotatable bonds is 1. The van der Waals surface area contributed by atoms with Gasteiger partial charge < -0.3 is 0 Å². The Labute approximate surface area is 113 Å². The average molecular weight is 315 g/mol. The fraction of sp³-hybridized carbons (Fsp3) is 0.250.